The van der Waals surface area contributed by atoms with Crippen molar-refractivity contribution in [2.75, 3.05) is 19.6 Å². The average molecular weight is 296 g/mol. The van der Waals surface area contributed by atoms with Crippen molar-refractivity contribution in [1.29, 1.82) is 0 Å². The third kappa shape index (κ3) is 3.37. The molecule has 2 heterocycles. The summed E-state index contributed by atoms with van der Waals surface area (Å²) in [5.41, 5.74) is 0.894. The minimum atomic E-state index is -0.716. The number of likely N-dealkylation sites (N-methyl/N-ethyl adjacent to an activating group) is 1. The number of aryl methyl sites for hydroxylation is 1. The van der Waals surface area contributed by atoms with Gasteiger partial charge in [-0.1, -0.05) is 6.92 Å². The zero-order valence-electron chi connectivity index (χ0n) is 10.4. The smallest absolute Gasteiger partial charge is 0.308 e. The average Bonchev–Trinajstić information content (AvgIpc) is 2.82. The van der Waals surface area contributed by atoms with Crippen LogP contribution in [0.15, 0.2) is 12.5 Å². The van der Waals surface area contributed by atoms with Crippen LogP contribution in [0, 0.1) is 5.92 Å². The fourth-order valence-electron chi connectivity index (χ4n) is 2.32. The number of carboxylic acids is 1. The molecule has 2 atom stereocenters. The van der Waals surface area contributed by atoms with E-state index in [1.54, 1.807) is 6.33 Å². The Hall–Kier alpha value is -0.780. The molecule has 0 radical (unpaired) electrons. The lowest BCUT2D eigenvalue weighted by Gasteiger charge is -2.11. The van der Waals surface area contributed by atoms with Crippen molar-refractivity contribution >= 4 is 30.8 Å². The SMILES string of the molecule is CCN1C[C@H](C(=O)O)[C@@H](c2cn(C)cn2)C1.Cl.Cl. The number of aromatic nitrogens is 2. The van der Waals surface area contributed by atoms with Gasteiger partial charge in [-0.05, 0) is 6.54 Å². The lowest BCUT2D eigenvalue weighted by molar-refractivity contribution is -0.141. The molecule has 0 aliphatic carbocycles. The minimum Gasteiger partial charge on any atom is -0.481 e. The summed E-state index contributed by atoms with van der Waals surface area (Å²) >= 11 is 0. The van der Waals surface area contributed by atoms with Crippen LogP contribution in [0.5, 0.6) is 0 Å². The maximum absolute atomic E-state index is 11.2. The molecule has 1 fully saturated rings. The molecule has 1 N–H and O–H groups in total. The number of halogens is 2. The maximum atomic E-state index is 11.2. The van der Waals surface area contributed by atoms with E-state index in [4.69, 9.17) is 0 Å². The number of hydrogen-bond donors (Lipinski definition) is 1. The van der Waals surface area contributed by atoms with Crippen LogP contribution in [0.25, 0.3) is 0 Å². The van der Waals surface area contributed by atoms with Gasteiger partial charge in [0.2, 0.25) is 0 Å². The van der Waals surface area contributed by atoms with Crippen molar-refractivity contribution < 1.29 is 9.90 Å². The molecule has 7 heteroatoms. The molecule has 0 unspecified atom stereocenters. The normalized spacial score (nSPS) is 23.2. The summed E-state index contributed by atoms with van der Waals surface area (Å²) in [5, 5.41) is 9.20. The van der Waals surface area contributed by atoms with E-state index >= 15 is 0 Å². The second-order valence-corrected chi connectivity index (χ2v) is 4.37. The number of rotatable bonds is 3. The van der Waals surface area contributed by atoms with Crippen LogP contribution in [-0.4, -0.2) is 45.2 Å². The van der Waals surface area contributed by atoms with E-state index in [2.05, 4.69) is 16.8 Å². The highest BCUT2D eigenvalue weighted by atomic mass is 35.5. The molecule has 0 bridgehead atoms. The molecule has 1 aliphatic heterocycles. The van der Waals surface area contributed by atoms with Gasteiger partial charge >= 0.3 is 5.97 Å². The lowest BCUT2D eigenvalue weighted by atomic mass is 9.94. The van der Waals surface area contributed by atoms with E-state index in [1.165, 1.54) is 0 Å². The van der Waals surface area contributed by atoms with Crippen LogP contribution in [0.3, 0.4) is 0 Å². The van der Waals surface area contributed by atoms with Crippen LogP contribution in [0.1, 0.15) is 18.5 Å². The van der Waals surface area contributed by atoms with Gasteiger partial charge in [0.25, 0.3) is 0 Å². The molecule has 5 nitrogen and oxygen atoms in total. The molecule has 1 aromatic heterocycles. The molecular formula is C11H19Cl2N3O2. The molecule has 1 aliphatic rings. The maximum Gasteiger partial charge on any atom is 0.308 e. The summed E-state index contributed by atoms with van der Waals surface area (Å²) in [4.78, 5) is 17.6. The second-order valence-electron chi connectivity index (χ2n) is 4.37. The molecule has 18 heavy (non-hydrogen) atoms. The van der Waals surface area contributed by atoms with Gasteiger partial charge in [-0.3, -0.25) is 4.79 Å². The van der Waals surface area contributed by atoms with Gasteiger partial charge in [0.1, 0.15) is 0 Å². The molecule has 0 saturated carbocycles. The Bertz CT molecular complexity index is 397. The van der Waals surface area contributed by atoms with Gasteiger partial charge in [-0.2, -0.15) is 0 Å². The number of imidazole rings is 1. The van der Waals surface area contributed by atoms with Crippen molar-refractivity contribution in [1.82, 2.24) is 14.5 Å². The fourth-order valence-corrected chi connectivity index (χ4v) is 2.32. The predicted molar refractivity (Wildman–Crippen MR) is 73.7 cm³/mol. The zero-order valence-corrected chi connectivity index (χ0v) is 12.1. The van der Waals surface area contributed by atoms with E-state index in [0.717, 1.165) is 18.8 Å². The van der Waals surface area contributed by atoms with Gasteiger partial charge in [0, 0.05) is 32.3 Å². The van der Waals surface area contributed by atoms with E-state index in [9.17, 15) is 9.90 Å². The van der Waals surface area contributed by atoms with Gasteiger partial charge in [-0.25, -0.2) is 4.98 Å². The molecule has 2 rings (SSSR count). The predicted octanol–water partition coefficient (Wildman–Crippen LogP) is 1.38. The summed E-state index contributed by atoms with van der Waals surface area (Å²) in [6, 6.07) is 0. The largest absolute Gasteiger partial charge is 0.481 e. The van der Waals surface area contributed by atoms with Gasteiger partial charge < -0.3 is 14.6 Å². The van der Waals surface area contributed by atoms with E-state index in [0.29, 0.717) is 6.54 Å². The van der Waals surface area contributed by atoms with Crippen molar-refractivity contribution in [3.8, 4) is 0 Å². The molecule has 0 aromatic carbocycles. The Morgan fingerprint density at radius 2 is 2.17 bits per heavy atom. The molecule has 0 amide bonds. The summed E-state index contributed by atoms with van der Waals surface area (Å²) in [5.74, 6) is -1.01. The molecular weight excluding hydrogens is 277 g/mol. The number of aliphatic carboxylic acids is 1. The van der Waals surface area contributed by atoms with Crippen molar-refractivity contribution in [3.05, 3.63) is 18.2 Å². The first kappa shape index (κ1) is 17.2. The minimum absolute atomic E-state index is 0. The Morgan fingerprint density at radius 3 is 2.61 bits per heavy atom. The van der Waals surface area contributed by atoms with Crippen LogP contribution in [-0.2, 0) is 11.8 Å². The number of carboxylic acid groups (broad SMARTS) is 1. The Balaban J connectivity index is 0.00000144. The van der Waals surface area contributed by atoms with Gasteiger partial charge in [0.05, 0.1) is 17.9 Å². The van der Waals surface area contributed by atoms with Crippen molar-refractivity contribution in [2.24, 2.45) is 13.0 Å². The van der Waals surface area contributed by atoms with Crippen LogP contribution >= 0.6 is 24.8 Å². The van der Waals surface area contributed by atoms with E-state index in [1.807, 2.05) is 17.8 Å². The third-order valence-electron chi connectivity index (χ3n) is 3.26. The fraction of sp³-hybridized carbons (Fsp3) is 0.636. The molecule has 1 aromatic rings. The summed E-state index contributed by atoms with van der Waals surface area (Å²) < 4.78 is 1.86. The highest BCUT2D eigenvalue weighted by Crippen LogP contribution is 2.31. The first-order valence-electron chi connectivity index (χ1n) is 5.54. The van der Waals surface area contributed by atoms with E-state index in [-0.39, 0.29) is 36.6 Å². The molecule has 0 spiro atoms. The number of likely N-dealkylation sites (tertiary alicyclic amines) is 1. The quantitative estimate of drug-likeness (QED) is 0.915. The summed E-state index contributed by atoms with van der Waals surface area (Å²) in [6.45, 7) is 4.38. The van der Waals surface area contributed by atoms with Crippen LogP contribution < -0.4 is 0 Å². The summed E-state index contributed by atoms with van der Waals surface area (Å²) in [6.07, 6.45) is 3.64. The molecule has 1 saturated heterocycles. The number of hydrogen-bond acceptors (Lipinski definition) is 3. The zero-order chi connectivity index (χ0) is 11.7. The highest BCUT2D eigenvalue weighted by molar-refractivity contribution is 5.85. The lowest BCUT2D eigenvalue weighted by Crippen LogP contribution is -2.23. The number of carbonyl (C=O) groups is 1. The number of nitrogens with zero attached hydrogens (tertiary/aromatic N) is 3. The third-order valence-corrected chi connectivity index (χ3v) is 3.26. The van der Waals surface area contributed by atoms with Crippen molar-refractivity contribution in [2.45, 2.75) is 12.8 Å². The highest BCUT2D eigenvalue weighted by Gasteiger charge is 2.38. The van der Waals surface area contributed by atoms with Crippen LogP contribution in [0.4, 0.5) is 0 Å². The van der Waals surface area contributed by atoms with Crippen LogP contribution in [0.2, 0.25) is 0 Å². The first-order chi connectivity index (χ1) is 7.61. The van der Waals surface area contributed by atoms with Crippen molar-refractivity contribution in [3.63, 3.8) is 0 Å². The Labute approximate surface area is 119 Å². The molecule has 104 valence electrons. The standard InChI is InChI=1S/C11H17N3O2.2ClH/c1-3-14-4-8(9(5-14)11(15)16)10-6-13(2)7-12-10;;/h6-9H,3-5H2,1-2H3,(H,15,16);2*1H/t8-,9-;;/m0../s1. The Kier molecular flexibility index (Phi) is 6.67. The van der Waals surface area contributed by atoms with E-state index < -0.39 is 5.97 Å². The topological polar surface area (TPSA) is 58.4 Å². The first-order valence-corrected chi connectivity index (χ1v) is 5.54. The monoisotopic (exact) mass is 295 g/mol. The Morgan fingerprint density at radius 1 is 1.50 bits per heavy atom. The van der Waals surface area contributed by atoms with Gasteiger partial charge in [0.15, 0.2) is 0 Å². The van der Waals surface area contributed by atoms with Gasteiger partial charge in [-0.15, -0.1) is 24.8 Å². The second kappa shape index (κ2) is 6.97. The summed E-state index contributed by atoms with van der Waals surface area (Å²) in [7, 11) is 1.90.